The second kappa shape index (κ2) is 5.92. The van der Waals surface area contributed by atoms with Crippen LogP contribution in [-0.2, 0) is 0 Å². The molecule has 21 heavy (non-hydrogen) atoms. The average Bonchev–Trinajstić information content (AvgIpc) is 2.98. The maximum Gasteiger partial charge on any atom is 0.245 e. The van der Waals surface area contributed by atoms with Gasteiger partial charge < -0.3 is 10.6 Å². The van der Waals surface area contributed by atoms with E-state index in [2.05, 4.69) is 73.9 Å². The highest BCUT2D eigenvalue weighted by Gasteiger charge is 2.31. The van der Waals surface area contributed by atoms with Crippen LogP contribution in [0.2, 0.25) is 0 Å². The van der Waals surface area contributed by atoms with E-state index in [9.17, 15) is 0 Å². The molecule has 2 aromatic rings. The maximum absolute atomic E-state index is 5.91. The van der Waals surface area contributed by atoms with Crippen LogP contribution >= 0.6 is 22.6 Å². The number of nitrogens with one attached hydrogen (secondary N) is 1. The molecule has 112 valence electrons. The van der Waals surface area contributed by atoms with E-state index in [1.54, 1.807) is 0 Å². The van der Waals surface area contributed by atoms with E-state index in [1.807, 2.05) is 0 Å². The molecule has 1 aromatic carbocycles. The zero-order chi connectivity index (χ0) is 14.9. The number of H-pyrrole nitrogens is 1. The number of halogens is 1. The summed E-state index contributed by atoms with van der Waals surface area (Å²) in [5.41, 5.74) is 7.14. The molecule has 3 N–H and O–H groups in total. The molecule has 3 rings (SSSR count). The summed E-state index contributed by atoms with van der Waals surface area (Å²) in [5.74, 6) is 1.60. The van der Waals surface area contributed by atoms with E-state index in [0.29, 0.717) is 6.54 Å². The number of aromatic nitrogens is 3. The standard InChI is InChI=1S/C15H20IN5/c1-15(9-17)7-2-8-21(10-15)14-18-13(19-20-14)11-3-5-12(16)6-4-11/h3-6H,2,7-10,17H2,1H3,(H,18,19,20). The monoisotopic (exact) mass is 397 g/mol. The Kier molecular flexibility index (Phi) is 4.17. The molecule has 1 unspecified atom stereocenters. The van der Waals surface area contributed by atoms with Crippen LogP contribution in [0.15, 0.2) is 24.3 Å². The number of rotatable bonds is 3. The molecule has 5 nitrogen and oxygen atoms in total. The summed E-state index contributed by atoms with van der Waals surface area (Å²) >= 11 is 2.30. The van der Waals surface area contributed by atoms with Crippen molar-refractivity contribution in [1.82, 2.24) is 15.2 Å². The van der Waals surface area contributed by atoms with Gasteiger partial charge in [0.1, 0.15) is 0 Å². The Labute approximate surface area is 138 Å². The number of benzene rings is 1. The number of nitrogens with two attached hydrogens (primary N) is 1. The predicted octanol–water partition coefficient (Wildman–Crippen LogP) is 2.64. The largest absolute Gasteiger partial charge is 0.339 e. The van der Waals surface area contributed by atoms with Gasteiger partial charge in [0.2, 0.25) is 5.95 Å². The molecule has 0 aliphatic carbocycles. The van der Waals surface area contributed by atoms with Crippen molar-refractivity contribution in [3.8, 4) is 11.4 Å². The van der Waals surface area contributed by atoms with Crippen molar-refractivity contribution in [3.05, 3.63) is 27.8 Å². The van der Waals surface area contributed by atoms with Crippen LogP contribution in [0.4, 0.5) is 5.95 Å². The highest BCUT2D eigenvalue weighted by atomic mass is 127. The van der Waals surface area contributed by atoms with Crippen LogP contribution in [0.3, 0.4) is 0 Å². The Morgan fingerprint density at radius 3 is 2.86 bits per heavy atom. The van der Waals surface area contributed by atoms with E-state index in [4.69, 9.17) is 5.73 Å². The molecule has 0 bridgehead atoms. The highest BCUT2D eigenvalue weighted by molar-refractivity contribution is 14.1. The van der Waals surface area contributed by atoms with Crippen LogP contribution in [0.25, 0.3) is 11.4 Å². The molecule has 1 saturated heterocycles. The lowest BCUT2D eigenvalue weighted by Gasteiger charge is -2.39. The van der Waals surface area contributed by atoms with Gasteiger partial charge in [-0.25, -0.2) is 0 Å². The fourth-order valence-corrected chi connectivity index (χ4v) is 3.14. The fourth-order valence-electron chi connectivity index (χ4n) is 2.78. The van der Waals surface area contributed by atoms with Crippen molar-refractivity contribution < 1.29 is 0 Å². The first-order valence-corrected chi connectivity index (χ1v) is 8.31. The van der Waals surface area contributed by atoms with Crippen molar-refractivity contribution in [3.63, 3.8) is 0 Å². The first kappa shape index (κ1) is 14.8. The van der Waals surface area contributed by atoms with Crippen molar-refractivity contribution >= 4 is 28.5 Å². The van der Waals surface area contributed by atoms with Gasteiger partial charge in [-0.3, -0.25) is 5.10 Å². The third-order valence-electron chi connectivity index (χ3n) is 4.15. The van der Waals surface area contributed by atoms with Crippen LogP contribution in [-0.4, -0.2) is 34.8 Å². The summed E-state index contributed by atoms with van der Waals surface area (Å²) in [4.78, 5) is 6.89. The van der Waals surface area contributed by atoms with Gasteiger partial charge in [0.25, 0.3) is 0 Å². The molecule has 6 heteroatoms. The number of aromatic amines is 1. The van der Waals surface area contributed by atoms with E-state index >= 15 is 0 Å². The lowest BCUT2D eigenvalue weighted by molar-refractivity contribution is 0.270. The molecule has 1 atom stereocenters. The lowest BCUT2D eigenvalue weighted by Crippen LogP contribution is -2.46. The van der Waals surface area contributed by atoms with Gasteiger partial charge in [-0.1, -0.05) is 19.1 Å². The molecule has 1 aromatic heterocycles. The predicted molar refractivity (Wildman–Crippen MR) is 93.1 cm³/mol. The molecule has 1 fully saturated rings. The summed E-state index contributed by atoms with van der Waals surface area (Å²) in [5, 5.41) is 7.43. The minimum Gasteiger partial charge on any atom is -0.339 e. The van der Waals surface area contributed by atoms with Crippen LogP contribution in [0.5, 0.6) is 0 Å². The summed E-state index contributed by atoms with van der Waals surface area (Å²) in [6.07, 6.45) is 2.31. The van der Waals surface area contributed by atoms with Crippen LogP contribution < -0.4 is 10.6 Å². The first-order valence-electron chi connectivity index (χ1n) is 7.23. The number of hydrogen-bond donors (Lipinski definition) is 2. The van der Waals surface area contributed by atoms with E-state index in [-0.39, 0.29) is 5.41 Å². The molecule has 1 aliphatic rings. The summed E-state index contributed by atoms with van der Waals surface area (Å²) in [6, 6.07) is 8.27. The Morgan fingerprint density at radius 2 is 2.14 bits per heavy atom. The van der Waals surface area contributed by atoms with Crippen molar-refractivity contribution in [2.24, 2.45) is 11.1 Å². The Balaban J connectivity index is 1.80. The van der Waals surface area contributed by atoms with Gasteiger partial charge in [-0.2, -0.15) is 4.98 Å². The van der Waals surface area contributed by atoms with E-state index in [1.165, 1.54) is 9.99 Å². The third-order valence-corrected chi connectivity index (χ3v) is 4.87. The van der Waals surface area contributed by atoms with Crippen molar-refractivity contribution in [1.29, 1.82) is 0 Å². The molecular weight excluding hydrogens is 377 g/mol. The number of nitrogens with zero attached hydrogens (tertiary/aromatic N) is 3. The van der Waals surface area contributed by atoms with Crippen LogP contribution in [0, 0.1) is 8.99 Å². The average molecular weight is 397 g/mol. The van der Waals surface area contributed by atoms with E-state index < -0.39 is 0 Å². The SMILES string of the molecule is CC1(CN)CCCN(c2n[nH]c(-c3ccc(I)cc3)n2)C1. The summed E-state index contributed by atoms with van der Waals surface area (Å²) in [7, 11) is 0. The minimum absolute atomic E-state index is 0.169. The molecule has 0 amide bonds. The Morgan fingerprint density at radius 1 is 1.38 bits per heavy atom. The van der Waals surface area contributed by atoms with Gasteiger partial charge >= 0.3 is 0 Å². The van der Waals surface area contributed by atoms with Crippen molar-refractivity contribution in [2.75, 3.05) is 24.5 Å². The van der Waals surface area contributed by atoms with Gasteiger partial charge in [0.05, 0.1) is 0 Å². The Bertz CT molecular complexity index is 609. The quantitative estimate of drug-likeness (QED) is 0.782. The molecule has 1 aliphatic heterocycles. The second-order valence-corrected chi connectivity index (χ2v) is 7.28. The number of hydrogen-bond acceptors (Lipinski definition) is 4. The maximum atomic E-state index is 5.91. The van der Waals surface area contributed by atoms with E-state index in [0.717, 1.165) is 36.8 Å². The normalized spacial score (nSPS) is 22.5. The number of piperidine rings is 1. The smallest absolute Gasteiger partial charge is 0.245 e. The lowest BCUT2D eigenvalue weighted by atomic mass is 9.82. The molecule has 2 heterocycles. The third kappa shape index (κ3) is 3.21. The second-order valence-electron chi connectivity index (χ2n) is 6.03. The van der Waals surface area contributed by atoms with Gasteiger partial charge in [0, 0.05) is 22.2 Å². The fraction of sp³-hybridized carbons (Fsp3) is 0.467. The number of anilines is 1. The minimum atomic E-state index is 0.169. The highest BCUT2D eigenvalue weighted by Crippen LogP contribution is 2.30. The topological polar surface area (TPSA) is 70.8 Å². The Hall–Kier alpha value is -1.15. The molecule has 0 spiro atoms. The van der Waals surface area contributed by atoms with Crippen LogP contribution in [0.1, 0.15) is 19.8 Å². The van der Waals surface area contributed by atoms with Crippen molar-refractivity contribution in [2.45, 2.75) is 19.8 Å². The summed E-state index contributed by atoms with van der Waals surface area (Å²) < 4.78 is 1.21. The first-order chi connectivity index (χ1) is 10.1. The molecular formula is C15H20IN5. The molecule has 0 radical (unpaired) electrons. The van der Waals surface area contributed by atoms with Gasteiger partial charge in [0.15, 0.2) is 5.82 Å². The zero-order valence-electron chi connectivity index (χ0n) is 12.1. The van der Waals surface area contributed by atoms with Gasteiger partial charge in [-0.15, -0.1) is 5.10 Å². The summed E-state index contributed by atoms with van der Waals surface area (Å²) in [6.45, 7) is 4.87. The molecule has 0 saturated carbocycles. The van der Waals surface area contributed by atoms with Gasteiger partial charge in [-0.05, 0) is 59.5 Å². The zero-order valence-corrected chi connectivity index (χ0v) is 14.3.